The van der Waals surface area contributed by atoms with Gasteiger partial charge in [-0.1, -0.05) is 13.8 Å². The first kappa shape index (κ1) is 13.2. The van der Waals surface area contributed by atoms with E-state index in [1.807, 2.05) is 13.8 Å². The molecule has 1 aromatic rings. The molecule has 0 bridgehead atoms. The maximum absolute atomic E-state index is 11.7. The summed E-state index contributed by atoms with van der Waals surface area (Å²) in [6, 6.07) is 2.22. The summed E-state index contributed by atoms with van der Waals surface area (Å²) in [4.78, 5) is 26.4. The molecule has 92 valence electrons. The highest BCUT2D eigenvalue weighted by atomic mass is 16.4. The van der Waals surface area contributed by atoms with Crippen molar-refractivity contribution in [2.45, 2.75) is 26.3 Å². The van der Waals surface area contributed by atoms with Crippen molar-refractivity contribution >= 4 is 11.9 Å². The van der Waals surface area contributed by atoms with Crippen LogP contribution in [0.15, 0.2) is 24.5 Å². The quantitative estimate of drug-likeness (QED) is 0.777. The monoisotopic (exact) mass is 235 g/mol. The normalized spacial score (nSPS) is 12.2. The van der Waals surface area contributed by atoms with Crippen LogP contribution in [0.2, 0.25) is 0 Å². The topological polar surface area (TPSA) is 82.1 Å². The third-order valence-corrected chi connectivity index (χ3v) is 2.22. The molecule has 1 atom stereocenters. The average Bonchev–Trinajstić information content (AvgIpc) is 2.28. The van der Waals surface area contributed by atoms with Gasteiger partial charge < -0.3 is 15.2 Å². The zero-order valence-corrected chi connectivity index (χ0v) is 9.84. The predicted octanol–water partition coefficient (Wildman–Crippen LogP) is -0.0240. The fraction of sp³-hybridized carbons (Fsp3) is 0.417. The smallest absolute Gasteiger partial charge is 0.253 e. The first-order valence-electron chi connectivity index (χ1n) is 5.42. The van der Waals surface area contributed by atoms with Crippen molar-refractivity contribution in [1.82, 2.24) is 10.3 Å². The molecule has 5 nitrogen and oxygen atoms in total. The van der Waals surface area contributed by atoms with Crippen molar-refractivity contribution in [3.63, 3.8) is 0 Å². The number of aliphatic carboxylic acids is 1. The Balaban J connectivity index is 2.68. The van der Waals surface area contributed by atoms with Gasteiger partial charge in [0.15, 0.2) is 0 Å². The van der Waals surface area contributed by atoms with E-state index in [1.165, 1.54) is 6.20 Å². The molecule has 0 aliphatic carbocycles. The van der Waals surface area contributed by atoms with Crippen LogP contribution >= 0.6 is 0 Å². The molecule has 5 heteroatoms. The van der Waals surface area contributed by atoms with Gasteiger partial charge >= 0.3 is 0 Å². The Bertz CT molecular complexity index is 390. The van der Waals surface area contributed by atoms with Crippen LogP contribution in [-0.2, 0) is 4.79 Å². The van der Waals surface area contributed by atoms with E-state index < -0.39 is 17.9 Å². The lowest BCUT2D eigenvalue weighted by atomic mass is 10.0. The van der Waals surface area contributed by atoms with Crippen LogP contribution in [0.5, 0.6) is 0 Å². The standard InChI is InChI=1S/C12H16N2O3/c1-8(2)6-10(12(16)17)14-11(15)9-4-3-5-13-7-9/h3-5,7-8,10H,6H2,1-2H3,(H,14,15)(H,16,17)/p-1/t10-/m1/s1. The fourth-order valence-electron chi connectivity index (χ4n) is 1.42. The molecule has 0 fully saturated rings. The van der Waals surface area contributed by atoms with E-state index in [0.717, 1.165) is 0 Å². The average molecular weight is 235 g/mol. The molecule has 0 aliphatic heterocycles. The molecule has 0 aliphatic rings. The van der Waals surface area contributed by atoms with Gasteiger partial charge in [0.25, 0.3) is 5.91 Å². The predicted molar refractivity (Wildman–Crippen MR) is 60.0 cm³/mol. The molecule has 1 rings (SSSR count). The van der Waals surface area contributed by atoms with Crippen LogP contribution in [0.4, 0.5) is 0 Å². The minimum absolute atomic E-state index is 0.159. The number of carbonyl (C=O) groups excluding carboxylic acids is 2. The molecule has 0 saturated heterocycles. The Kier molecular flexibility index (Phi) is 4.63. The first-order chi connectivity index (χ1) is 8.00. The van der Waals surface area contributed by atoms with Crippen LogP contribution in [-0.4, -0.2) is 22.9 Å². The highest BCUT2D eigenvalue weighted by Crippen LogP contribution is 2.05. The van der Waals surface area contributed by atoms with E-state index in [2.05, 4.69) is 10.3 Å². The van der Waals surface area contributed by atoms with Crippen LogP contribution in [0, 0.1) is 5.92 Å². The van der Waals surface area contributed by atoms with Crippen LogP contribution in [0.1, 0.15) is 30.6 Å². The van der Waals surface area contributed by atoms with Gasteiger partial charge in [-0.15, -0.1) is 0 Å². The molecule has 0 aromatic carbocycles. The van der Waals surface area contributed by atoms with Gasteiger partial charge in [0, 0.05) is 12.4 Å². The molecule has 0 saturated carbocycles. The van der Waals surface area contributed by atoms with E-state index >= 15 is 0 Å². The van der Waals surface area contributed by atoms with Gasteiger partial charge in [0.2, 0.25) is 0 Å². The molecular weight excluding hydrogens is 220 g/mol. The van der Waals surface area contributed by atoms with Gasteiger partial charge in [0.05, 0.1) is 17.6 Å². The SMILES string of the molecule is CC(C)C[C@@H](NC(=O)c1cccnc1)C(=O)[O-]. The molecule has 0 spiro atoms. The number of amides is 1. The minimum Gasteiger partial charge on any atom is -0.548 e. The minimum atomic E-state index is -1.27. The van der Waals surface area contributed by atoms with E-state index in [9.17, 15) is 14.7 Å². The lowest BCUT2D eigenvalue weighted by molar-refractivity contribution is -0.308. The molecule has 1 heterocycles. The zero-order chi connectivity index (χ0) is 12.8. The second-order valence-electron chi connectivity index (χ2n) is 4.22. The Hall–Kier alpha value is -1.91. The number of carboxylic acid groups (broad SMARTS) is 1. The molecule has 1 amide bonds. The molecule has 0 radical (unpaired) electrons. The van der Waals surface area contributed by atoms with Crippen molar-refractivity contribution in [2.24, 2.45) is 5.92 Å². The second-order valence-corrected chi connectivity index (χ2v) is 4.22. The van der Waals surface area contributed by atoms with Crippen molar-refractivity contribution in [1.29, 1.82) is 0 Å². The van der Waals surface area contributed by atoms with Gasteiger partial charge in [-0.2, -0.15) is 0 Å². The molecule has 1 N–H and O–H groups in total. The van der Waals surface area contributed by atoms with Crippen molar-refractivity contribution in [3.8, 4) is 0 Å². The fourth-order valence-corrected chi connectivity index (χ4v) is 1.42. The largest absolute Gasteiger partial charge is 0.548 e. The lowest BCUT2D eigenvalue weighted by Crippen LogP contribution is -2.48. The Morgan fingerprint density at radius 2 is 2.18 bits per heavy atom. The number of rotatable bonds is 5. The number of nitrogens with one attached hydrogen (secondary N) is 1. The summed E-state index contributed by atoms with van der Waals surface area (Å²) >= 11 is 0. The van der Waals surface area contributed by atoms with Gasteiger partial charge in [-0.25, -0.2) is 0 Å². The summed E-state index contributed by atoms with van der Waals surface area (Å²) in [5.41, 5.74) is 0.336. The molecule has 17 heavy (non-hydrogen) atoms. The van der Waals surface area contributed by atoms with Crippen molar-refractivity contribution in [3.05, 3.63) is 30.1 Å². The number of nitrogens with zero attached hydrogens (tertiary/aromatic N) is 1. The summed E-state index contributed by atoms with van der Waals surface area (Å²) in [7, 11) is 0. The van der Waals surface area contributed by atoms with E-state index in [-0.39, 0.29) is 5.92 Å². The summed E-state index contributed by atoms with van der Waals surface area (Å²) in [6.07, 6.45) is 3.27. The molecule has 1 aromatic heterocycles. The summed E-state index contributed by atoms with van der Waals surface area (Å²) in [6.45, 7) is 3.76. The zero-order valence-electron chi connectivity index (χ0n) is 9.84. The maximum Gasteiger partial charge on any atom is 0.253 e. The second kappa shape index (κ2) is 5.98. The Morgan fingerprint density at radius 1 is 1.47 bits per heavy atom. The highest BCUT2D eigenvalue weighted by Gasteiger charge is 2.16. The number of aromatic nitrogens is 1. The summed E-state index contributed by atoms with van der Waals surface area (Å²) in [5, 5.41) is 13.3. The Labute approximate surface area is 99.9 Å². The van der Waals surface area contributed by atoms with Crippen LogP contribution < -0.4 is 10.4 Å². The summed E-state index contributed by atoms with van der Waals surface area (Å²) < 4.78 is 0. The number of pyridine rings is 1. The number of hydrogen-bond acceptors (Lipinski definition) is 4. The third-order valence-electron chi connectivity index (χ3n) is 2.22. The number of carbonyl (C=O) groups is 2. The van der Waals surface area contributed by atoms with Gasteiger partial charge in [-0.3, -0.25) is 9.78 Å². The summed E-state index contributed by atoms with van der Waals surface area (Å²) in [5.74, 6) is -1.56. The van der Waals surface area contributed by atoms with Crippen molar-refractivity contribution in [2.75, 3.05) is 0 Å². The lowest BCUT2D eigenvalue weighted by Gasteiger charge is -2.21. The van der Waals surface area contributed by atoms with Crippen molar-refractivity contribution < 1.29 is 14.7 Å². The van der Waals surface area contributed by atoms with Crippen LogP contribution in [0.3, 0.4) is 0 Å². The Morgan fingerprint density at radius 3 is 2.65 bits per heavy atom. The number of hydrogen-bond donors (Lipinski definition) is 1. The van der Waals surface area contributed by atoms with Crippen LogP contribution in [0.25, 0.3) is 0 Å². The molecule has 0 unspecified atom stereocenters. The van der Waals surface area contributed by atoms with E-state index in [0.29, 0.717) is 12.0 Å². The number of carboxylic acids is 1. The third kappa shape index (κ3) is 4.22. The van der Waals surface area contributed by atoms with Gasteiger partial charge in [-0.05, 0) is 24.5 Å². The highest BCUT2D eigenvalue weighted by molar-refractivity contribution is 5.96. The van der Waals surface area contributed by atoms with E-state index in [4.69, 9.17) is 0 Å². The maximum atomic E-state index is 11.7. The molecular formula is C12H15N2O3-. The van der Waals surface area contributed by atoms with Gasteiger partial charge in [0.1, 0.15) is 0 Å². The first-order valence-corrected chi connectivity index (χ1v) is 5.42. The van der Waals surface area contributed by atoms with E-state index in [1.54, 1.807) is 18.3 Å².